The van der Waals surface area contributed by atoms with E-state index >= 15 is 0 Å². The van der Waals surface area contributed by atoms with Gasteiger partial charge in [0.25, 0.3) is 5.69 Å². The lowest BCUT2D eigenvalue weighted by molar-refractivity contribution is -0.385. The summed E-state index contributed by atoms with van der Waals surface area (Å²) in [5.41, 5.74) is 0.148. The average molecular weight is 316 g/mol. The Morgan fingerprint density at radius 1 is 1.36 bits per heavy atom. The van der Waals surface area contributed by atoms with Crippen LogP contribution >= 0.6 is 0 Å². The maximum Gasteiger partial charge on any atom is 0.471 e. The molecule has 5 nitrogen and oxygen atoms in total. The number of hydrogen-bond donors (Lipinski definition) is 0. The van der Waals surface area contributed by atoms with Gasteiger partial charge in [-0.25, -0.2) is 0 Å². The zero-order valence-corrected chi connectivity index (χ0v) is 12.3. The maximum atomic E-state index is 12.7. The summed E-state index contributed by atoms with van der Waals surface area (Å²) in [6.07, 6.45) is -4.73. The van der Waals surface area contributed by atoms with Gasteiger partial charge in [0.15, 0.2) is 0 Å². The molecule has 0 bridgehead atoms. The van der Waals surface area contributed by atoms with Gasteiger partial charge in [-0.15, -0.1) is 0 Å². The van der Waals surface area contributed by atoms with E-state index in [1.54, 1.807) is 13.0 Å². The van der Waals surface area contributed by atoms with Gasteiger partial charge in [0.2, 0.25) is 0 Å². The summed E-state index contributed by atoms with van der Waals surface area (Å²) in [5, 5.41) is 11.0. The first-order chi connectivity index (χ1) is 9.96. The highest BCUT2D eigenvalue weighted by atomic mass is 19.4. The third kappa shape index (κ3) is 2.53. The molecule has 1 aromatic rings. The molecule has 0 spiro atoms. The van der Waals surface area contributed by atoms with Crippen molar-refractivity contribution < 1.29 is 22.9 Å². The third-order valence-corrected chi connectivity index (χ3v) is 4.04. The van der Waals surface area contributed by atoms with Crippen molar-refractivity contribution in [2.24, 2.45) is 0 Å². The van der Waals surface area contributed by atoms with Gasteiger partial charge < -0.3 is 4.90 Å². The van der Waals surface area contributed by atoms with Crippen LogP contribution in [-0.4, -0.2) is 28.5 Å². The van der Waals surface area contributed by atoms with Crippen LogP contribution in [0.25, 0.3) is 0 Å². The van der Waals surface area contributed by atoms with Crippen LogP contribution in [0.5, 0.6) is 0 Å². The zero-order chi connectivity index (χ0) is 16.9. The molecular formula is C14H15F3N2O3. The predicted molar refractivity (Wildman–Crippen MR) is 72.3 cm³/mol. The van der Waals surface area contributed by atoms with Gasteiger partial charge in [-0.05, 0) is 44.4 Å². The van der Waals surface area contributed by atoms with Crippen LogP contribution in [0.4, 0.5) is 18.9 Å². The molecule has 8 heteroatoms. The smallest absolute Gasteiger partial charge is 0.325 e. The molecular weight excluding hydrogens is 301 g/mol. The molecule has 120 valence electrons. The number of amides is 1. The van der Waals surface area contributed by atoms with Crippen LogP contribution < -0.4 is 0 Å². The van der Waals surface area contributed by atoms with Gasteiger partial charge in [0, 0.05) is 18.2 Å². The number of carbonyl (C=O) groups is 1. The average Bonchev–Trinajstić information content (AvgIpc) is 2.35. The molecule has 0 N–H and O–H groups in total. The summed E-state index contributed by atoms with van der Waals surface area (Å²) in [5.74, 6) is -1.92. The van der Waals surface area contributed by atoms with Gasteiger partial charge in [0.1, 0.15) is 0 Å². The zero-order valence-electron chi connectivity index (χ0n) is 12.3. The van der Waals surface area contributed by atoms with Gasteiger partial charge in [-0.3, -0.25) is 14.9 Å². The quantitative estimate of drug-likeness (QED) is 0.591. The largest absolute Gasteiger partial charge is 0.471 e. The summed E-state index contributed by atoms with van der Waals surface area (Å²) in [7, 11) is 0. The molecule has 22 heavy (non-hydrogen) atoms. The minimum atomic E-state index is -4.97. The number of hydrogen-bond acceptors (Lipinski definition) is 3. The van der Waals surface area contributed by atoms with Crippen molar-refractivity contribution in [2.75, 3.05) is 6.54 Å². The van der Waals surface area contributed by atoms with E-state index < -0.39 is 22.5 Å². The first kappa shape index (κ1) is 16.3. The van der Waals surface area contributed by atoms with E-state index in [1.807, 2.05) is 0 Å². The SMILES string of the molecule is Cc1cc2c(cc1[N+](=O)[O-])C(C)(C)N(C(=O)C(F)(F)F)CC2. The molecule has 1 heterocycles. The van der Waals surface area contributed by atoms with Crippen molar-refractivity contribution in [3.8, 4) is 0 Å². The second kappa shape index (κ2) is 4.96. The Hall–Kier alpha value is -2.12. The third-order valence-electron chi connectivity index (χ3n) is 4.04. The minimum Gasteiger partial charge on any atom is -0.325 e. The maximum absolute atomic E-state index is 12.7. The van der Waals surface area contributed by atoms with Crippen LogP contribution in [0, 0.1) is 17.0 Å². The van der Waals surface area contributed by atoms with Gasteiger partial charge in [-0.2, -0.15) is 13.2 Å². The van der Waals surface area contributed by atoms with Crippen LogP contribution in [0.1, 0.15) is 30.5 Å². The normalized spacial score (nSPS) is 17.1. The predicted octanol–water partition coefficient (Wildman–Crippen LogP) is 3.09. The first-order valence-corrected chi connectivity index (χ1v) is 6.63. The molecule has 0 aliphatic carbocycles. The van der Waals surface area contributed by atoms with Crippen LogP contribution in [-0.2, 0) is 16.8 Å². The Kier molecular flexibility index (Phi) is 3.67. The highest BCUT2D eigenvalue weighted by Crippen LogP contribution is 2.40. The minimum absolute atomic E-state index is 0.0738. The van der Waals surface area contributed by atoms with Crippen molar-refractivity contribution in [1.29, 1.82) is 0 Å². The summed E-state index contributed by atoms with van der Waals surface area (Å²) in [6, 6.07) is 2.89. The standard InChI is InChI=1S/C14H15F3N2O3/c1-8-6-9-4-5-18(12(20)14(15,16)17)13(2,3)10(9)7-11(8)19(21)22/h6-7H,4-5H2,1-3H3. The Bertz CT molecular complexity index is 653. The fourth-order valence-corrected chi connectivity index (χ4v) is 2.89. The van der Waals surface area contributed by atoms with E-state index in [2.05, 4.69) is 0 Å². The molecule has 2 rings (SSSR count). The van der Waals surface area contributed by atoms with Crippen molar-refractivity contribution in [3.05, 3.63) is 38.9 Å². The van der Waals surface area contributed by atoms with E-state index in [0.717, 1.165) is 10.5 Å². The summed E-state index contributed by atoms with van der Waals surface area (Å²) in [4.78, 5) is 22.8. The van der Waals surface area contributed by atoms with Crippen LogP contribution in [0.2, 0.25) is 0 Å². The monoisotopic (exact) mass is 316 g/mol. The molecule has 0 aromatic heterocycles. The van der Waals surface area contributed by atoms with Crippen molar-refractivity contribution in [3.63, 3.8) is 0 Å². The molecule has 0 saturated carbocycles. The molecule has 1 aromatic carbocycles. The number of fused-ring (bicyclic) bond motifs is 1. The fourth-order valence-electron chi connectivity index (χ4n) is 2.89. The number of carbonyl (C=O) groups excluding carboxylic acids is 1. The summed E-state index contributed by atoms with van der Waals surface area (Å²) >= 11 is 0. The Morgan fingerprint density at radius 2 is 1.95 bits per heavy atom. The van der Waals surface area contributed by atoms with Crippen LogP contribution in [0.3, 0.4) is 0 Å². The van der Waals surface area contributed by atoms with E-state index in [4.69, 9.17) is 0 Å². The number of rotatable bonds is 1. The van der Waals surface area contributed by atoms with E-state index in [0.29, 0.717) is 11.1 Å². The van der Waals surface area contributed by atoms with Gasteiger partial charge >= 0.3 is 12.1 Å². The highest BCUT2D eigenvalue weighted by Gasteiger charge is 2.49. The lowest BCUT2D eigenvalue weighted by Gasteiger charge is -2.44. The van der Waals surface area contributed by atoms with Crippen molar-refractivity contribution >= 4 is 11.6 Å². The fraction of sp³-hybridized carbons (Fsp3) is 0.500. The number of nitro benzene ring substituents is 1. The lowest BCUT2D eigenvalue weighted by Crippen LogP contribution is -2.54. The Labute approximate surface area is 124 Å². The lowest BCUT2D eigenvalue weighted by atomic mass is 9.82. The molecule has 0 unspecified atom stereocenters. The molecule has 0 saturated heterocycles. The molecule has 1 aliphatic heterocycles. The molecule has 0 atom stereocenters. The topological polar surface area (TPSA) is 63.5 Å². The summed E-state index contributed by atoms with van der Waals surface area (Å²) in [6.45, 7) is 4.44. The summed E-state index contributed by atoms with van der Waals surface area (Å²) < 4.78 is 38.2. The number of nitrogens with zero attached hydrogens (tertiary/aromatic N) is 2. The second-order valence-corrected chi connectivity index (χ2v) is 5.82. The van der Waals surface area contributed by atoms with E-state index in [1.165, 1.54) is 19.9 Å². The highest BCUT2D eigenvalue weighted by molar-refractivity contribution is 5.83. The first-order valence-electron chi connectivity index (χ1n) is 6.63. The molecule has 1 amide bonds. The Morgan fingerprint density at radius 3 is 2.45 bits per heavy atom. The van der Waals surface area contributed by atoms with Gasteiger partial charge in [0.05, 0.1) is 10.5 Å². The van der Waals surface area contributed by atoms with Crippen molar-refractivity contribution in [1.82, 2.24) is 4.90 Å². The number of alkyl halides is 3. The Balaban J connectivity index is 2.55. The van der Waals surface area contributed by atoms with Crippen LogP contribution in [0.15, 0.2) is 12.1 Å². The number of nitro groups is 1. The molecule has 0 fully saturated rings. The number of benzene rings is 1. The molecule has 1 aliphatic rings. The van der Waals surface area contributed by atoms with E-state index in [9.17, 15) is 28.1 Å². The number of aryl methyl sites for hydroxylation is 1. The number of halogens is 3. The van der Waals surface area contributed by atoms with E-state index in [-0.39, 0.29) is 18.7 Å². The second-order valence-electron chi connectivity index (χ2n) is 5.82. The van der Waals surface area contributed by atoms with Crippen molar-refractivity contribution in [2.45, 2.75) is 38.9 Å². The molecule has 0 radical (unpaired) electrons. The van der Waals surface area contributed by atoms with Gasteiger partial charge in [-0.1, -0.05) is 0 Å².